The van der Waals surface area contributed by atoms with Crippen molar-refractivity contribution in [1.82, 2.24) is 9.88 Å². The number of anilines is 1. The fourth-order valence-electron chi connectivity index (χ4n) is 2.12. The van der Waals surface area contributed by atoms with Crippen LogP contribution in [0.15, 0.2) is 47.1 Å². The Balaban J connectivity index is 2.16. The summed E-state index contributed by atoms with van der Waals surface area (Å²) in [6, 6.07) is 14.2. The van der Waals surface area contributed by atoms with Crippen LogP contribution in [0.25, 0.3) is 0 Å². The molecule has 4 nitrogen and oxygen atoms in total. The molecule has 0 aliphatic carbocycles. The fraction of sp³-hybridized carbons (Fsp3) is 0.353. The van der Waals surface area contributed by atoms with Crippen LogP contribution < -0.4 is 9.64 Å². The third-order valence-electron chi connectivity index (χ3n) is 3.37. The first-order valence-corrected chi connectivity index (χ1v) is 8.03. The fourth-order valence-corrected chi connectivity index (χ4v) is 2.45. The average Bonchev–Trinajstić information content (AvgIpc) is 2.52. The van der Waals surface area contributed by atoms with Gasteiger partial charge in [0.05, 0.1) is 7.11 Å². The van der Waals surface area contributed by atoms with Crippen molar-refractivity contribution < 1.29 is 4.74 Å². The number of nitrogens with zero attached hydrogens (tertiary/aromatic N) is 3. The Morgan fingerprint density at radius 2 is 1.77 bits per heavy atom. The number of hydrogen-bond donors (Lipinski definition) is 0. The zero-order chi connectivity index (χ0) is 15.9. The number of ether oxygens (including phenoxy) is 1. The van der Waals surface area contributed by atoms with Gasteiger partial charge >= 0.3 is 0 Å². The molecule has 1 aromatic carbocycles. The monoisotopic (exact) mass is 363 g/mol. The van der Waals surface area contributed by atoms with Crippen LogP contribution in [-0.4, -0.2) is 44.2 Å². The van der Waals surface area contributed by atoms with Gasteiger partial charge in [-0.15, -0.1) is 0 Å². The molecular formula is C17H22BrN3O. The summed E-state index contributed by atoms with van der Waals surface area (Å²) in [7, 11) is 5.85. The first-order valence-electron chi connectivity index (χ1n) is 7.23. The summed E-state index contributed by atoms with van der Waals surface area (Å²) in [6.07, 6.45) is 0. The molecule has 22 heavy (non-hydrogen) atoms. The van der Waals surface area contributed by atoms with Gasteiger partial charge in [-0.1, -0.05) is 18.2 Å². The molecule has 0 spiro atoms. The number of pyridine rings is 1. The van der Waals surface area contributed by atoms with Crippen LogP contribution in [0.3, 0.4) is 0 Å². The lowest BCUT2D eigenvalue weighted by Gasteiger charge is -2.25. The van der Waals surface area contributed by atoms with Crippen molar-refractivity contribution in [2.45, 2.75) is 6.54 Å². The van der Waals surface area contributed by atoms with Crippen LogP contribution >= 0.6 is 15.9 Å². The van der Waals surface area contributed by atoms with Gasteiger partial charge in [0.2, 0.25) is 0 Å². The number of benzene rings is 1. The van der Waals surface area contributed by atoms with Gasteiger partial charge in [0, 0.05) is 19.6 Å². The first-order chi connectivity index (χ1) is 10.6. The maximum absolute atomic E-state index is 5.21. The van der Waals surface area contributed by atoms with Crippen molar-refractivity contribution in [3.63, 3.8) is 0 Å². The third-order valence-corrected chi connectivity index (χ3v) is 3.82. The van der Waals surface area contributed by atoms with E-state index in [0.29, 0.717) is 0 Å². The minimum Gasteiger partial charge on any atom is -0.497 e. The van der Waals surface area contributed by atoms with Gasteiger partial charge in [0.15, 0.2) is 0 Å². The molecule has 1 heterocycles. The molecule has 0 atom stereocenters. The number of aromatic nitrogens is 1. The SMILES string of the molecule is COc1ccc(CN(CCN(C)C)c2cccc(Br)n2)cc1. The second-order valence-electron chi connectivity index (χ2n) is 5.39. The van der Waals surface area contributed by atoms with E-state index < -0.39 is 0 Å². The lowest BCUT2D eigenvalue weighted by molar-refractivity contribution is 0.411. The molecule has 2 aromatic rings. The Bertz CT molecular complexity index is 587. The molecule has 0 saturated carbocycles. The van der Waals surface area contributed by atoms with Crippen molar-refractivity contribution in [1.29, 1.82) is 0 Å². The summed E-state index contributed by atoms with van der Waals surface area (Å²) < 4.78 is 6.07. The van der Waals surface area contributed by atoms with Gasteiger partial charge < -0.3 is 14.5 Å². The molecule has 0 saturated heterocycles. The van der Waals surface area contributed by atoms with Crippen molar-refractivity contribution in [3.05, 3.63) is 52.6 Å². The van der Waals surface area contributed by atoms with Crippen molar-refractivity contribution in [2.24, 2.45) is 0 Å². The van der Waals surface area contributed by atoms with Crippen LogP contribution in [0.1, 0.15) is 5.56 Å². The second kappa shape index (κ2) is 8.15. The summed E-state index contributed by atoms with van der Waals surface area (Å²) in [4.78, 5) is 9.04. The van der Waals surface area contributed by atoms with E-state index in [9.17, 15) is 0 Å². The zero-order valence-electron chi connectivity index (χ0n) is 13.3. The van der Waals surface area contributed by atoms with Crippen molar-refractivity contribution in [2.75, 3.05) is 39.2 Å². The zero-order valence-corrected chi connectivity index (χ0v) is 14.9. The third kappa shape index (κ3) is 5.00. The number of likely N-dealkylation sites (N-methyl/N-ethyl adjacent to an activating group) is 1. The van der Waals surface area contributed by atoms with E-state index in [0.717, 1.165) is 35.8 Å². The van der Waals surface area contributed by atoms with E-state index >= 15 is 0 Å². The smallest absolute Gasteiger partial charge is 0.130 e. The molecule has 5 heteroatoms. The van der Waals surface area contributed by atoms with Gasteiger partial charge in [-0.3, -0.25) is 0 Å². The Kier molecular flexibility index (Phi) is 6.21. The van der Waals surface area contributed by atoms with Gasteiger partial charge in [-0.2, -0.15) is 0 Å². The van der Waals surface area contributed by atoms with Crippen LogP contribution in [0.2, 0.25) is 0 Å². The van der Waals surface area contributed by atoms with E-state index in [1.54, 1.807) is 7.11 Å². The summed E-state index contributed by atoms with van der Waals surface area (Å²) in [5.74, 6) is 1.86. The molecule has 0 aliphatic heterocycles. The lowest BCUT2D eigenvalue weighted by Crippen LogP contribution is -2.32. The van der Waals surface area contributed by atoms with E-state index in [1.165, 1.54) is 5.56 Å². The van der Waals surface area contributed by atoms with Crippen LogP contribution in [0.5, 0.6) is 5.75 Å². The predicted octanol–water partition coefficient (Wildman–Crippen LogP) is 3.42. The highest BCUT2D eigenvalue weighted by Crippen LogP contribution is 2.19. The van der Waals surface area contributed by atoms with E-state index in [-0.39, 0.29) is 0 Å². The largest absolute Gasteiger partial charge is 0.497 e. The molecule has 0 unspecified atom stereocenters. The molecule has 0 bridgehead atoms. The summed E-state index contributed by atoms with van der Waals surface area (Å²) >= 11 is 3.45. The first kappa shape index (κ1) is 16.8. The number of hydrogen-bond acceptors (Lipinski definition) is 4. The quantitative estimate of drug-likeness (QED) is 0.704. The molecule has 2 rings (SSSR count). The topological polar surface area (TPSA) is 28.6 Å². The van der Waals surface area contributed by atoms with E-state index in [2.05, 4.69) is 56.9 Å². The molecular weight excluding hydrogens is 342 g/mol. The Morgan fingerprint density at radius 3 is 2.36 bits per heavy atom. The Hall–Kier alpha value is -1.59. The average molecular weight is 364 g/mol. The highest BCUT2D eigenvalue weighted by Gasteiger charge is 2.10. The lowest BCUT2D eigenvalue weighted by atomic mass is 10.2. The van der Waals surface area contributed by atoms with Gasteiger partial charge in [0.1, 0.15) is 16.2 Å². The van der Waals surface area contributed by atoms with Gasteiger partial charge in [-0.25, -0.2) is 4.98 Å². The molecule has 0 amide bonds. The van der Waals surface area contributed by atoms with Gasteiger partial charge in [0.25, 0.3) is 0 Å². The van der Waals surface area contributed by atoms with Crippen LogP contribution in [0.4, 0.5) is 5.82 Å². The van der Waals surface area contributed by atoms with E-state index in [4.69, 9.17) is 4.74 Å². The second-order valence-corrected chi connectivity index (χ2v) is 6.20. The molecule has 0 fully saturated rings. The maximum atomic E-state index is 5.21. The van der Waals surface area contributed by atoms with Crippen LogP contribution in [-0.2, 0) is 6.54 Å². The maximum Gasteiger partial charge on any atom is 0.130 e. The predicted molar refractivity (Wildman–Crippen MR) is 94.5 cm³/mol. The summed E-state index contributed by atoms with van der Waals surface area (Å²) in [6.45, 7) is 2.72. The molecule has 1 aromatic heterocycles. The minimum atomic E-state index is 0.821. The van der Waals surface area contributed by atoms with Crippen molar-refractivity contribution >= 4 is 21.7 Å². The Morgan fingerprint density at radius 1 is 1.05 bits per heavy atom. The van der Waals surface area contributed by atoms with E-state index in [1.807, 2.05) is 30.3 Å². The normalized spacial score (nSPS) is 10.8. The number of rotatable bonds is 7. The summed E-state index contributed by atoms with van der Waals surface area (Å²) in [5.41, 5.74) is 1.24. The summed E-state index contributed by atoms with van der Waals surface area (Å²) in [5, 5.41) is 0. The van der Waals surface area contributed by atoms with Crippen molar-refractivity contribution in [3.8, 4) is 5.75 Å². The highest BCUT2D eigenvalue weighted by atomic mass is 79.9. The molecule has 118 valence electrons. The number of halogens is 1. The minimum absolute atomic E-state index is 0.821. The highest BCUT2D eigenvalue weighted by molar-refractivity contribution is 9.10. The molecule has 0 N–H and O–H groups in total. The van der Waals surface area contributed by atoms with Gasteiger partial charge in [-0.05, 0) is 59.9 Å². The standard InChI is InChI=1S/C17H22BrN3O/c1-20(2)11-12-21(17-6-4-5-16(18)19-17)13-14-7-9-15(22-3)10-8-14/h4-10H,11-13H2,1-3H3. The molecule has 0 radical (unpaired) electrons. The van der Waals surface area contributed by atoms with Crippen LogP contribution in [0, 0.1) is 0 Å². The molecule has 0 aliphatic rings. The number of methoxy groups -OCH3 is 1. The Labute approximate surface area is 140 Å².